The fourth-order valence-electron chi connectivity index (χ4n) is 3.45. The van der Waals surface area contributed by atoms with Crippen molar-refractivity contribution in [2.24, 2.45) is 5.10 Å². The maximum Gasteiger partial charge on any atom is 0.269 e. The molecular formula is C22H19N5O4. The van der Waals surface area contributed by atoms with Crippen molar-refractivity contribution in [3.05, 3.63) is 93.8 Å². The minimum Gasteiger partial charge on any atom is -0.457 e. The molecule has 9 nitrogen and oxygen atoms in total. The Morgan fingerprint density at radius 2 is 1.77 bits per heavy atom. The normalized spacial score (nSPS) is 17.1. The highest BCUT2D eigenvalue weighted by Crippen LogP contribution is 2.36. The highest BCUT2D eigenvalue weighted by molar-refractivity contribution is 5.92. The monoisotopic (exact) mass is 417 g/mol. The van der Waals surface area contributed by atoms with Crippen LogP contribution in [0.15, 0.2) is 72.0 Å². The van der Waals surface area contributed by atoms with Gasteiger partial charge in [-0.2, -0.15) is 5.10 Å². The minimum atomic E-state index is -0.614. The fourth-order valence-corrected chi connectivity index (χ4v) is 3.45. The topological polar surface area (TPSA) is 119 Å². The van der Waals surface area contributed by atoms with Crippen LogP contribution in [0, 0.1) is 10.1 Å². The number of nitrogens with zero attached hydrogens (tertiary/aromatic N) is 3. The summed E-state index contributed by atoms with van der Waals surface area (Å²) in [6.45, 7) is 0. The van der Waals surface area contributed by atoms with E-state index in [4.69, 9.17) is 4.74 Å². The summed E-state index contributed by atoms with van der Waals surface area (Å²) in [5.74, 6) is 0.794. The van der Waals surface area contributed by atoms with Gasteiger partial charge in [-0.05, 0) is 41.5 Å². The molecule has 3 aromatic rings. The molecule has 0 saturated carbocycles. The Morgan fingerprint density at radius 1 is 1.10 bits per heavy atom. The van der Waals surface area contributed by atoms with Crippen LogP contribution in [-0.4, -0.2) is 29.1 Å². The molecule has 1 unspecified atom stereocenters. The summed E-state index contributed by atoms with van der Waals surface area (Å²) in [6, 6.07) is 17.2. The van der Waals surface area contributed by atoms with Gasteiger partial charge in [-0.15, -0.1) is 0 Å². The van der Waals surface area contributed by atoms with Crippen LogP contribution >= 0.6 is 0 Å². The van der Waals surface area contributed by atoms with Gasteiger partial charge in [0.05, 0.1) is 4.92 Å². The van der Waals surface area contributed by atoms with Crippen LogP contribution in [-0.2, 0) is 5.54 Å². The van der Waals surface area contributed by atoms with E-state index in [2.05, 4.69) is 20.8 Å². The molecule has 0 fully saturated rings. The Bertz CT molecular complexity index is 1140. The highest BCUT2D eigenvalue weighted by Gasteiger charge is 2.36. The summed E-state index contributed by atoms with van der Waals surface area (Å²) in [4.78, 5) is 26.3. The average molecular weight is 417 g/mol. The smallest absolute Gasteiger partial charge is 0.269 e. The third kappa shape index (κ3) is 3.93. The second-order valence-corrected chi connectivity index (χ2v) is 6.92. The molecule has 2 aromatic carbocycles. The van der Waals surface area contributed by atoms with Gasteiger partial charge in [0, 0.05) is 44.1 Å². The number of rotatable bonds is 6. The number of hydrogen-bond donors (Lipinski definition) is 2. The molecule has 2 N–H and O–H groups in total. The number of nitro groups is 1. The molecule has 4 rings (SSSR count). The first-order chi connectivity index (χ1) is 15.0. The minimum absolute atomic E-state index is 0.0371. The Kier molecular flexibility index (Phi) is 5.31. The van der Waals surface area contributed by atoms with Crippen molar-refractivity contribution in [2.75, 3.05) is 7.05 Å². The molecule has 1 aliphatic heterocycles. The molecule has 156 valence electrons. The third-order valence-corrected chi connectivity index (χ3v) is 5.09. The quantitative estimate of drug-likeness (QED) is 0.469. The van der Waals surface area contributed by atoms with E-state index in [0.29, 0.717) is 17.9 Å². The van der Waals surface area contributed by atoms with Crippen LogP contribution in [0.25, 0.3) is 0 Å². The number of non-ortho nitro benzene ring substituents is 1. The van der Waals surface area contributed by atoms with Gasteiger partial charge in [-0.3, -0.25) is 25.3 Å². The number of pyridine rings is 1. The number of hydrogen-bond acceptors (Lipinski definition) is 7. The summed E-state index contributed by atoms with van der Waals surface area (Å²) in [7, 11) is 1.54. The second kappa shape index (κ2) is 8.23. The zero-order valence-electron chi connectivity index (χ0n) is 16.6. The van der Waals surface area contributed by atoms with E-state index in [0.717, 1.165) is 11.1 Å². The van der Waals surface area contributed by atoms with Gasteiger partial charge in [0.2, 0.25) is 0 Å². The zero-order chi connectivity index (χ0) is 21.8. The zero-order valence-corrected chi connectivity index (χ0v) is 16.6. The molecule has 0 aliphatic carbocycles. The number of carbonyl (C=O) groups is 1. The van der Waals surface area contributed by atoms with Gasteiger partial charge in [0.1, 0.15) is 22.7 Å². The van der Waals surface area contributed by atoms with Crippen molar-refractivity contribution in [1.29, 1.82) is 0 Å². The van der Waals surface area contributed by atoms with Crippen LogP contribution < -0.4 is 15.5 Å². The molecule has 1 aromatic heterocycles. The maximum atomic E-state index is 11.8. The van der Waals surface area contributed by atoms with Crippen LogP contribution in [0.5, 0.6) is 11.5 Å². The number of hydrazone groups is 1. The van der Waals surface area contributed by atoms with E-state index in [1.165, 1.54) is 25.4 Å². The number of carbonyl (C=O) groups excluding carboxylic acids is 1. The highest BCUT2D eigenvalue weighted by atomic mass is 16.6. The van der Waals surface area contributed by atoms with Gasteiger partial charge < -0.3 is 10.1 Å². The molecule has 9 heteroatoms. The number of amides is 1. The lowest BCUT2D eigenvalue weighted by molar-refractivity contribution is -0.384. The number of nitro benzene ring substituents is 1. The molecule has 1 atom stereocenters. The van der Waals surface area contributed by atoms with E-state index < -0.39 is 10.5 Å². The molecule has 1 aliphatic rings. The van der Waals surface area contributed by atoms with Crippen LogP contribution in [0.4, 0.5) is 5.69 Å². The first-order valence-electron chi connectivity index (χ1n) is 9.52. The molecule has 0 saturated heterocycles. The number of ether oxygens (including phenoxy) is 1. The maximum absolute atomic E-state index is 11.8. The van der Waals surface area contributed by atoms with Crippen molar-refractivity contribution in [2.45, 2.75) is 12.0 Å². The number of nitrogens with one attached hydrogen (secondary N) is 2. The first-order valence-corrected chi connectivity index (χ1v) is 9.52. The van der Waals surface area contributed by atoms with E-state index in [1.807, 2.05) is 24.3 Å². The summed E-state index contributed by atoms with van der Waals surface area (Å²) in [6.07, 6.45) is 3.89. The predicted molar refractivity (Wildman–Crippen MR) is 114 cm³/mol. The van der Waals surface area contributed by atoms with Crippen molar-refractivity contribution in [1.82, 2.24) is 15.7 Å². The van der Waals surface area contributed by atoms with E-state index in [9.17, 15) is 14.9 Å². The van der Waals surface area contributed by atoms with Crippen molar-refractivity contribution >= 4 is 17.8 Å². The van der Waals surface area contributed by atoms with Gasteiger partial charge in [0.15, 0.2) is 0 Å². The lowest BCUT2D eigenvalue weighted by Crippen LogP contribution is -2.37. The number of benzene rings is 2. The van der Waals surface area contributed by atoms with Gasteiger partial charge in [-0.1, -0.05) is 12.1 Å². The molecule has 1 amide bonds. The van der Waals surface area contributed by atoms with Crippen molar-refractivity contribution in [3.8, 4) is 11.5 Å². The molecular weight excluding hydrogens is 398 g/mol. The molecule has 0 spiro atoms. The van der Waals surface area contributed by atoms with Crippen molar-refractivity contribution < 1.29 is 14.5 Å². The summed E-state index contributed by atoms with van der Waals surface area (Å²) in [5.41, 5.74) is 4.65. The van der Waals surface area contributed by atoms with Gasteiger partial charge in [0.25, 0.3) is 11.6 Å². The Labute approximate surface area is 177 Å². The molecule has 2 heterocycles. The third-order valence-electron chi connectivity index (χ3n) is 5.09. The standard InChI is InChI=1S/C22H19N5O4/c1-23-21(28)20-14-19(10-12-24-20)31-18-8-4-16(5-9-18)22(11-13-25-26-22)15-2-6-17(7-3-15)27(29)30/h2-10,12-14,26H,11H2,1H3,(H,23,28). The van der Waals surface area contributed by atoms with Crippen LogP contribution in [0.2, 0.25) is 0 Å². The SMILES string of the molecule is CNC(=O)c1cc(Oc2ccc(C3(c4ccc([N+](=O)[O-])cc4)CC=NN3)cc2)ccn1. The second-order valence-electron chi connectivity index (χ2n) is 6.92. The molecule has 0 radical (unpaired) electrons. The first kappa shape index (κ1) is 20.0. The summed E-state index contributed by atoms with van der Waals surface area (Å²) in [5, 5.41) is 17.7. The largest absolute Gasteiger partial charge is 0.457 e. The van der Waals surface area contributed by atoms with E-state index in [-0.39, 0.29) is 17.3 Å². The van der Waals surface area contributed by atoms with E-state index in [1.54, 1.807) is 30.5 Å². The lowest BCUT2D eigenvalue weighted by Gasteiger charge is -2.30. The summed E-state index contributed by atoms with van der Waals surface area (Å²) >= 11 is 0. The average Bonchev–Trinajstić information content (AvgIpc) is 3.30. The Morgan fingerprint density at radius 3 is 2.35 bits per heavy atom. The van der Waals surface area contributed by atoms with Gasteiger partial charge in [-0.25, -0.2) is 0 Å². The van der Waals surface area contributed by atoms with Crippen molar-refractivity contribution in [3.63, 3.8) is 0 Å². The Balaban J connectivity index is 1.58. The Hall–Kier alpha value is -4.27. The van der Waals surface area contributed by atoms with Gasteiger partial charge >= 0.3 is 0 Å². The van der Waals surface area contributed by atoms with Crippen LogP contribution in [0.1, 0.15) is 28.0 Å². The summed E-state index contributed by atoms with van der Waals surface area (Å²) < 4.78 is 5.87. The fraction of sp³-hybridized carbons (Fsp3) is 0.136. The van der Waals surface area contributed by atoms with E-state index >= 15 is 0 Å². The predicted octanol–water partition coefficient (Wildman–Crippen LogP) is 3.36. The molecule has 31 heavy (non-hydrogen) atoms. The number of aromatic nitrogens is 1. The van der Waals surface area contributed by atoms with Crippen LogP contribution in [0.3, 0.4) is 0 Å². The molecule has 0 bridgehead atoms. The lowest BCUT2D eigenvalue weighted by atomic mass is 9.81.